The third-order valence-electron chi connectivity index (χ3n) is 11.3. The van der Waals surface area contributed by atoms with Crippen LogP contribution in [0, 0.1) is 0 Å². The highest BCUT2D eigenvalue weighted by Gasteiger charge is 2.19. The van der Waals surface area contributed by atoms with E-state index in [4.69, 9.17) is 14.2 Å². The van der Waals surface area contributed by atoms with Gasteiger partial charge in [-0.15, -0.1) is 0 Å². The lowest BCUT2D eigenvalue weighted by molar-refractivity contribution is -0.167. The van der Waals surface area contributed by atoms with E-state index in [1.165, 1.54) is 128 Å². The van der Waals surface area contributed by atoms with Crippen molar-refractivity contribution in [3.63, 3.8) is 0 Å². The van der Waals surface area contributed by atoms with Gasteiger partial charge in [0.25, 0.3) is 0 Å². The molecule has 0 heterocycles. The van der Waals surface area contributed by atoms with Gasteiger partial charge < -0.3 is 14.2 Å². The summed E-state index contributed by atoms with van der Waals surface area (Å²) in [5.74, 6) is -0.903. The summed E-state index contributed by atoms with van der Waals surface area (Å²) in [7, 11) is 0. The van der Waals surface area contributed by atoms with Crippen LogP contribution in [0.3, 0.4) is 0 Å². The van der Waals surface area contributed by atoms with E-state index in [0.29, 0.717) is 19.3 Å². The van der Waals surface area contributed by atoms with Gasteiger partial charge in [-0.05, 0) is 83.5 Å². The first-order valence-electron chi connectivity index (χ1n) is 26.1. The van der Waals surface area contributed by atoms with Crippen LogP contribution in [-0.2, 0) is 28.6 Å². The second-order valence-corrected chi connectivity index (χ2v) is 17.4. The van der Waals surface area contributed by atoms with Crippen LogP contribution in [0.4, 0.5) is 0 Å². The Morgan fingerprint density at radius 1 is 0.328 bits per heavy atom. The lowest BCUT2D eigenvalue weighted by atomic mass is 10.1. The number of hydrogen-bond acceptors (Lipinski definition) is 6. The van der Waals surface area contributed by atoms with Crippen molar-refractivity contribution < 1.29 is 28.6 Å². The number of esters is 3. The maximum Gasteiger partial charge on any atom is 0.306 e. The van der Waals surface area contributed by atoms with Crippen LogP contribution in [-0.4, -0.2) is 37.2 Å². The maximum atomic E-state index is 12.7. The minimum absolute atomic E-state index is 0.0791. The molecule has 61 heavy (non-hydrogen) atoms. The molecule has 1 atom stereocenters. The summed E-state index contributed by atoms with van der Waals surface area (Å²) in [6.07, 6.45) is 59.9. The van der Waals surface area contributed by atoms with E-state index < -0.39 is 6.10 Å². The van der Waals surface area contributed by atoms with E-state index in [1.54, 1.807) is 0 Å². The fourth-order valence-corrected chi connectivity index (χ4v) is 7.33. The van der Waals surface area contributed by atoms with Gasteiger partial charge in [-0.25, -0.2) is 0 Å². The Balaban J connectivity index is 4.14. The molecule has 0 aromatic carbocycles. The Morgan fingerprint density at radius 2 is 0.590 bits per heavy atom. The first kappa shape index (κ1) is 58.4. The largest absolute Gasteiger partial charge is 0.462 e. The van der Waals surface area contributed by atoms with Gasteiger partial charge in [0.1, 0.15) is 13.2 Å². The molecule has 0 saturated carbocycles. The van der Waals surface area contributed by atoms with Crippen molar-refractivity contribution in [2.45, 2.75) is 271 Å². The molecule has 0 fully saturated rings. The number of carbonyl (C=O) groups is 3. The van der Waals surface area contributed by atoms with Crippen LogP contribution >= 0.6 is 0 Å². The van der Waals surface area contributed by atoms with Crippen LogP contribution in [0.15, 0.2) is 48.6 Å². The second-order valence-electron chi connectivity index (χ2n) is 17.4. The molecule has 0 amide bonds. The SMILES string of the molecule is CCCCCCC/C=C\C/C=C\C/C=C\CCCCCCCCCCC(=O)OCC(COC(=O)CCCCCCC)OC(=O)CCCCCCC/C=C\CCCCCCCC. The predicted molar refractivity (Wildman–Crippen MR) is 261 cm³/mol. The minimum Gasteiger partial charge on any atom is -0.462 e. The highest BCUT2D eigenvalue weighted by atomic mass is 16.6. The van der Waals surface area contributed by atoms with Crippen molar-refractivity contribution in [3.05, 3.63) is 48.6 Å². The van der Waals surface area contributed by atoms with Gasteiger partial charge >= 0.3 is 17.9 Å². The summed E-state index contributed by atoms with van der Waals surface area (Å²) in [4.78, 5) is 37.6. The van der Waals surface area contributed by atoms with Crippen LogP contribution in [0.25, 0.3) is 0 Å². The van der Waals surface area contributed by atoms with E-state index in [1.807, 2.05) is 0 Å². The van der Waals surface area contributed by atoms with Crippen LogP contribution < -0.4 is 0 Å². The fourth-order valence-electron chi connectivity index (χ4n) is 7.33. The molecule has 0 spiro atoms. The Morgan fingerprint density at radius 3 is 0.934 bits per heavy atom. The first-order valence-corrected chi connectivity index (χ1v) is 26.1. The van der Waals surface area contributed by atoms with E-state index in [0.717, 1.165) is 96.3 Å². The minimum atomic E-state index is -0.775. The van der Waals surface area contributed by atoms with Crippen molar-refractivity contribution in [1.82, 2.24) is 0 Å². The molecule has 6 heteroatoms. The Bertz CT molecular complexity index is 1070. The Kier molecular flexibility index (Phi) is 47.9. The second kappa shape index (κ2) is 50.0. The van der Waals surface area contributed by atoms with Gasteiger partial charge in [-0.2, -0.15) is 0 Å². The summed E-state index contributed by atoms with van der Waals surface area (Å²) >= 11 is 0. The van der Waals surface area contributed by atoms with E-state index in [2.05, 4.69) is 69.4 Å². The molecular weight excluding hydrogens is 757 g/mol. The molecule has 0 aromatic heterocycles. The van der Waals surface area contributed by atoms with Gasteiger partial charge in [-0.3, -0.25) is 14.4 Å². The van der Waals surface area contributed by atoms with Crippen molar-refractivity contribution in [1.29, 1.82) is 0 Å². The quantitative estimate of drug-likeness (QED) is 0.0263. The zero-order valence-corrected chi connectivity index (χ0v) is 40.4. The van der Waals surface area contributed by atoms with E-state index in [9.17, 15) is 14.4 Å². The van der Waals surface area contributed by atoms with Gasteiger partial charge in [-0.1, -0.05) is 211 Å². The lowest BCUT2D eigenvalue weighted by Gasteiger charge is -2.18. The highest BCUT2D eigenvalue weighted by Crippen LogP contribution is 2.14. The molecular formula is C55H98O6. The van der Waals surface area contributed by atoms with Crippen molar-refractivity contribution >= 4 is 17.9 Å². The standard InChI is InChI=1S/C55H98O6/c1-4-7-10-13-15-17-19-21-23-24-25-26-27-28-29-30-32-33-35-37-39-42-45-48-54(57)60-51-52(50-59-53(56)47-44-41-12-9-6-3)61-55(58)49-46-43-40-38-36-34-31-22-20-18-16-14-11-8-5-2/h19,21-22,24-25,27-28,31,52H,4-18,20,23,26,29-30,32-51H2,1-3H3/b21-19-,25-24-,28-27-,31-22-. The average Bonchev–Trinajstić information content (AvgIpc) is 3.26. The van der Waals surface area contributed by atoms with Gasteiger partial charge in [0, 0.05) is 19.3 Å². The van der Waals surface area contributed by atoms with E-state index in [-0.39, 0.29) is 31.1 Å². The average molecular weight is 855 g/mol. The number of ether oxygens (including phenoxy) is 3. The number of carbonyl (C=O) groups excluding carboxylic acids is 3. The molecule has 0 rings (SSSR count). The first-order chi connectivity index (χ1) is 30.0. The molecule has 0 aliphatic heterocycles. The topological polar surface area (TPSA) is 78.9 Å². The monoisotopic (exact) mass is 855 g/mol. The third kappa shape index (κ3) is 48.3. The summed E-state index contributed by atoms with van der Waals surface area (Å²) in [5.41, 5.74) is 0. The summed E-state index contributed by atoms with van der Waals surface area (Å²) in [6, 6.07) is 0. The summed E-state index contributed by atoms with van der Waals surface area (Å²) in [6.45, 7) is 6.53. The zero-order chi connectivity index (χ0) is 44.4. The van der Waals surface area contributed by atoms with Gasteiger partial charge in [0.2, 0.25) is 0 Å². The van der Waals surface area contributed by atoms with E-state index >= 15 is 0 Å². The summed E-state index contributed by atoms with van der Waals surface area (Å²) in [5, 5.41) is 0. The number of rotatable bonds is 47. The third-order valence-corrected chi connectivity index (χ3v) is 11.3. The Hall–Kier alpha value is -2.63. The number of allylic oxidation sites excluding steroid dienone is 8. The highest BCUT2D eigenvalue weighted by molar-refractivity contribution is 5.71. The molecule has 6 nitrogen and oxygen atoms in total. The molecule has 0 aliphatic carbocycles. The lowest BCUT2D eigenvalue weighted by Crippen LogP contribution is -2.30. The van der Waals surface area contributed by atoms with Crippen molar-refractivity contribution in [3.8, 4) is 0 Å². The number of unbranched alkanes of at least 4 members (excludes halogenated alkanes) is 28. The van der Waals surface area contributed by atoms with Crippen LogP contribution in [0.2, 0.25) is 0 Å². The molecule has 354 valence electrons. The van der Waals surface area contributed by atoms with Gasteiger partial charge in [0.15, 0.2) is 6.10 Å². The van der Waals surface area contributed by atoms with Crippen LogP contribution in [0.5, 0.6) is 0 Å². The predicted octanol–water partition coefficient (Wildman–Crippen LogP) is 17.1. The molecule has 1 unspecified atom stereocenters. The molecule has 0 bridgehead atoms. The fraction of sp³-hybridized carbons (Fsp3) is 0.800. The van der Waals surface area contributed by atoms with Crippen molar-refractivity contribution in [2.24, 2.45) is 0 Å². The maximum absolute atomic E-state index is 12.7. The van der Waals surface area contributed by atoms with Crippen molar-refractivity contribution in [2.75, 3.05) is 13.2 Å². The van der Waals surface area contributed by atoms with Crippen LogP contribution in [0.1, 0.15) is 265 Å². The smallest absolute Gasteiger partial charge is 0.306 e. The Labute approximate surface area is 378 Å². The summed E-state index contributed by atoms with van der Waals surface area (Å²) < 4.78 is 16.7. The van der Waals surface area contributed by atoms with Gasteiger partial charge in [0.05, 0.1) is 0 Å². The number of hydrogen-bond donors (Lipinski definition) is 0. The molecule has 0 aromatic rings. The normalized spacial score (nSPS) is 12.4. The zero-order valence-electron chi connectivity index (χ0n) is 40.4. The molecule has 0 N–H and O–H groups in total. The molecule has 0 saturated heterocycles. The molecule has 0 radical (unpaired) electrons. The molecule has 0 aliphatic rings.